The first-order chi connectivity index (χ1) is 16.4. The Bertz CT molecular complexity index is 1060. The Morgan fingerprint density at radius 2 is 1.59 bits per heavy atom. The number of fused-ring (bicyclic) bond motifs is 3. The molecule has 3 N–H and O–H groups in total. The monoisotopic (exact) mass is 462 g/mol. The molecule has 7 nitrogen and oxygen atoms in total. The van der Waals surface area contributed by atoms with Crippen LogP contribution in [0.25, 0.3) is 11.1 Å². The maximum atomic E-state index is 12.3. The molecule has 2 aromatic rings. The number of carbonyl (C=O) groups excluding carboxylic acids is 2. The quantitative estimate of drug-likeness (QED) is 0.487. The fourth-order valence-corrected chi connectivity index (χ4v) is 4.82. The first-order valence-corrected chi connectivity index (χ1v) is 11.7. The minimum absolute atomic E-state index is 0.0406. The van der Waals surface area contributed by atoms with Crippen LogP contribution >= 0.6 is 0 Å². The summed E-state index contributed by atoms with van der Waals surface area (Å²) >= 11 is 0. The van der Waals surface area contributed by atoms with Crippen LogP contribution in [0.1, 0.15) is 43.2 Å². The van der Waals surface area contributed by atoms with Gasteiger partial charge in [-0.05, 0) is 53.9 Å². The molecular weight excluding hydrogens is 432 g/mol. The Balaban J connectivity index is 1.15. The first kappa shape index (κ1) is 23.5. The zero-order valence-corrected chi connectivity index (χ0v) is 19.3. The van der Waals surface area contributed by atoms with Crippen molar-refractivity contribution in [2.45, 2.75) is 32.1 Å². The first-order valence-electron chi connectivity index (χ1n) is 11.7. The third kappa shape index (κ3) is 5.47. The number of carboxylic acid groups (broad SMARTS) is 1. The maximum Gasteiger partial charge on any atom is 0.407 e. The second-order valence-electron chi connectivity index (χ2n) is 9.11. The lowest BCUT2D eigenvalue weighted by Crippen LogP contribution is -2.38. The van der Waals surface area contributed by atoms with Crippen molar-refractivity contribution in [1.82, 2.24) is 10.6 Å². The van der Waals surface area contributed by atoms with Crippen molar-refractivity contribution in [1.29, 1.82) is 0 Å². The number of hydrogen-bond acceptors (Lipinski definition) is 4. The summed E-state index contributed by atoms with van der Waals surface area (Å²) in [7, 11) is 0. The summed E-state index contributed by atoms with van der Waals surface area (Å²) in [5, 5.41) is 14.4. The van der Waals surface area contributed by atoms with E-state index in [-0.39, 0.29) is 23.9 Å². The van der Waals surface area contributed by atoms with Crippen LogP contribution in [0.2, 0.25) is 0 Å². The second kappa shape index (κ2) is 10.5. The second-order valence-corrected chi connectivity index (χ2v) is 9.11. The van der Waals surface area contributed by atoms with Gasteiger partial charge in [-0.2, -0.15) is 0 Å². The summed E-state index contributed by atoms with van der Waals surface area (Å²) in [6.45, 7) is 2.55. The van der Waals surface area contributed by atoms with E-state index >= 15 is 0 Å². The highest BCUT2D eigenvalue weighted by molar-refractivity contribution is 5.86. The van der Waals surface area contributed by atoms with Gasteiger partial charge < -0.3 is 20.5 Å². The minimum Gasteiger partial charge on any atom is -0.478 e. The molecule has 4 rings (SSSR count). The lowest BCUT2D eigenvalue weighted by Gasteiger charge is -2.35. The SMILES string of the molecule is C/C(=C\CNC(=O)CC1CC(CNC(=O)OCC2c3ccccc3-c3ccccc32)C1)C(=O)O. The maximum absolute atomic E-state index is 12.3. The number of carbonyl (C=O) groups is 3. The van der Waals surface area contributed by atoms with Gasteiger partial charge in [0.25, 0.3) is 0 Å². The van der Waals surface area contributed by atoms with Gasteiger partial charge >= 0.3 is 12.1 Å². The van der Waals surface area contributed by atoms with E-state index in [2.05, 4.69) is 34.9 Å². The van der Waals surface area contributed by atoms with Crippen molar-refractivity contribution in [2.24, 2.45) is 11.8 Å². The van der Waals surface area contributed by atoms with Gasteiger partial charge in [-0.1, -0.05) is 54.6 Å². The van der Waals surface area contributed by atoms with E-state index < -0.39 is 12.1 Å². The fraction of sp³-hybridized carbons (Fsp3) is 0.370. The molecule has 1 saturated carbocycles. The molecule has 178 valence electrons. The van der Waals surface area contributed by atoms with Gasteiger partial charge in [-0.3, -0.25) is 4.79 Å². The van der Waals surface area contributed by atoms with E-state index in [1.54, 1.807) is 0 Å². The molecule has 34 heavy (non-hydrogen) atoms. The number of benzene rings is 2. The van der Waals surface area contributed by atoms with E-state index in [1.807, 2.05) is 24.3 Å². The van der Waals surface area contributed by atoms with Crippen LogP contribution in [0, 0.1) is 11.8 Å². The Hall–Kier alpha value is -3.61. The molecule has 2 aliphatic rings. The molecule has 1 fully saturated rings. The zero-order valence-electron chi connectivity index (χ0n) is 19.3. The highest BCUT2D eigenvalue weighted by atomic mass is 16.5. The Labute approximate surface area is 199 Å². The zero-order chi connectivity index (χ0) is 24.1. The third-order valence-electron chi connectivity index (χ3n) is 6.73. The van der Waals surface area contributed by atoms with Gasteiger partial charge in [0.2, 0.25) is 5.91 Å². The van der Waals surface area contributed by atoms with Gasteiger partial charge in [0.05, 0.1) is 0 Å². The molecule has 2 aliphatic carbocycles. The Morgan fingerprint density at radius 1 is 0.971 bits per heavy atom. The molecule has 0 heterocycles. The summed E-state index contributed by atoms with van der Waals surface area (Å²) in [5.41, 5.74) is 4.98. The average Bonchev–Trinajstić information content (AvgIpc) is 3.12. The summed E-state index contributed by atoms with van der Waals surface area (Å²) in [6.07, 6.45) is 3.25. The van der Waals surface area contributed by atoms with Gasteiger partial charge in [-0.25, -0.2) is 9.59 Å². The van der Waals surface area contributed by atoms with E-state index in [0.29, 0.717) is 31.4 Å². The number of nitrogens with one attached hydrogen (secondary N) is 2. The number of rotatable bonds is 9. The number of hydrogen-bond donors (Lipinski definition) is 3. The number of aliphatic carboxylic acids is 1. The summed E-state index contributed by atoms with van der Waals surface area (Å²) in [5.74, 6) is -0.396. The van der Waals surface area contributed by atoms with Gasteiger partial charge in [0, 0.05) is 31.0 Å². The van der Waals surface area contributed by atoms with E-state index in [1.165, 1.54) is 35.3 Å². The normalized spacial score (nSPS) is 18.9. The van der Waals surface area contributed by atoms with Crippen molar-refractivity contribution >= 4 is 18.0 Å². The standard InChI is InChI=1S/C27H30N2O5/c1-17(26(31)32)10-11-28-25(30)14-18-12-19(13-18)15-29-27(33)34-16-24-22-8-4-2-6-20(22)21-7-3-5-9-23(21)24/h2-10,18-19,24H,11-16H2,1H3,(H,28,30)(H,29,33)(H,31,32)/b17-10+. The van der Waals surface area contributed by atoms with Crippen LogP contribution in [0.3, 0.4) is 0 Å². The van der Waals surface area contributed by atoms with Crippen LogP contribution in [-0.2, 0) is 14.3 Å². The van der Waals surface area contributed by atoms with E-state index in [4.69, 9.17) is 9.84 Å². The van der Waals surface area contributed by atoms with Crippen LogP contribution in [0.4, 0.5) is 4.79 Å². The molecule has 7 heteroatoms. The number of carboxylic acids is 1. The molecule has 2 amide bonds. The smallest absolute Gasteiger partial charge is 0.407 e. The van der Waals surface area contributed by atoms with Gasteiger partial charge in [-0.15, -0.1) is 0 Å². The summed E-state index contributed by atoms with van der Waals surface area (Å²) < 4.78 is 5.57. The Kier molecular flexibility index (Phi) is 7.30. The molecule has 0 bridgehead atoms. The van der Waals surface area contributed by atoms with Crippen molar-refractivity contribution in [3.63, 3.8) is 0 Å². The predicted molar refractivity (Wildman–Crippen MR) is 128 cm³/mol. The van der Waals surface area contributed by atoms with Crippen LogP contribution in [0.15, 0.2) is 60.2 Å². The molecule has 2 aromatic carbocycles. The van der Waals surface area contributed by atoms with Crippen LogP contribution in [-0.4, -0.2) is 42.8 Å². The highest BCUT2D eigenvalue weighted by Crippen LogP contribution is 2.44. The van der Waals surface area contributed by atoms with Crippen LogP contribution in [0.5, 0.6) is 0 Å². The van der Waals surface area contributed by atoms with Gasteiger partial charge in [0.1, 0.15) is 6.61 Å². The molecule has 0 spiro atoms. The van der Waals surface area contributed by atoms with E-state index in [0.717, 1.165) is 12.8 Å². The summed E-state index contributed by atoms with van der Waals surface area (Å²) in [4.78, 5) is 35.0. The van der Waals surface area contributed by atoms with Crippen molar-refractivity contribution in [3.8, 4) is 11.1 Å². The molecule has 0 saturated heterocycles. The predicted octanol–water partition coefficient (Wildman–Crippen LogP) is 4.09. The lowest BCUT2D eigenvalue weighted by atomic mass is 9.73. The summed E-state index contributed by atoms with van der Waals surface area (Å²) in [6, 6.07) is 16.5. The van der Waals surface area contributed by atoms with E-state index in [9.17, 15) is 14.4 Å². The minimum atomic E-state index is -0.986. The number of alkyl carbamates (subject to hydrolysis) is 1. The largest absolute Gasteiger partial charge is 0.478 e. The molecule has 0 atom stereocenters. The van der Waals surface area contributed by atoms with Crippen molar-refractivity contribution in [2.75, 3.05) is 19.7 Å². The average molecular weight is 463 g/mol. The number of ether oxygens (including phenoxy) is 1. The molecule has 0 aliphatic heterocycles. The van der Waals surface area contributed by atoms with Crippen molar-refractivity contribution in [3.05, 3.63) is 71.3 Å². The third-order valence-corrected chi connectivity index (χ3v) is 6.73. The highest BCUT2D eigenvalue weighted by Gasteiger charge is 2.32. The molecular formula is C27H30N2O5. The topological polar surface area (TPSA) is 105 Å². The molecule has 0 aromatic heterocycles. The lowest BCUT2D eigenvalue weighted by molar-refractivity contribution is -0.132. The Morgan fingerprint density at radius 3 is 2.21 bits per heavy atom. The fourth-order valence-electron chi connectivity index (χ4n) is 4.82. The molecule has 0 radical (unpaired) electrons. The molecule has 0 unspecified atom stereocenters. The number of amides is 2. The van der Waals surface area contributed by atoms with Gasteiger partial charge in [0.15, 0.2) is 0 Å². The van der Waals surface area contributed by atoms with Crippen LogP contribution < -0.4 is 10.6 Å². The van der Waals surface area contributed by atoms with Crippen molar-refractivity contribution < 1.29 is 24.2 Å².